The van der Waals surface area contributed by atoms with E-state index in [4.69, 9.17) is 15.4 Å². The largest absolute Gasteiger partial charge is 0.480 e. The Morgan fingerprint density at radius 2 is 2.21 bits per heavy atom. The Balaban J connectivity index is 2.16. The van der Waals surface area contributed by atoms with Crippen molar-refractivity contribution in [1.82, 2.24) is 5.16 Å². The smallest absolute Gasteiger partial charge is 0.320 e. The van der Waals surface area contributed by atoms with E-state index in [-0.39, 0.29) is 17.6 Å². The fraction of sp³-hybridized carbons (Fsp3) is 0.615. The van der Waals surface area contributed by atoms with Crippen molar-refractivity contribution in [3.8, 4) is 0 Å². The van der Waals surface area contributed by atoms with Crippen molar-refractivity contribution >= 4 is 11.8 Å². The zero-order chi connectivity index (χ0) is 14.2. The van der Waals surface area contributed by atoms with Crippen molar-refractivity contribution in [2.45, 2.75) is 45.6 Å². The summed E-state index contributed by atoms with van der Waals surface area (Å²) in [6.45, 7) is 4.02. The van der Waals surface area contributed by atoms with Crippen LogP contribution in [0.25, 0.3) is 0 Å². The van der Waals surface area contributed by atoms with Crippen LogP contribution in [0.5, 0.6) is 0 Å². The normalized spacial score (nSPS) is 19.0. The predicted octanol–water partition coefficient (Wildman–Crippen LogP) is 1.17. The molecule has 0 amide bonds. The molecule has 3 N–H and O–H groups in total. The lowest BCUT2D eigenvalue weighted by Gasteiger charge is -2.26. The Bertz CT molecular complexity index is 519. The minimum absolute atomic E-state index is 0.0198. The molecule has 0 unspecified atom stereocenters. The van der Waals surface area contributed by atoms with Crippen LogP contribution in [0.1, 0.15) is 48.5 Å². The summed E-state index contributed by atoms with van der Waals surface area (Å²) in [5.41, 5.74) is 6.40. The van der Waals surface area contributed by atoms with Gasteiger partial charge in [0.15, 0.2) is 5.78 Å². The van der Waals surface area contributed by atoms with E-state index in [1.54, 1.807) is 0 Å². The van der Waals surface area contributed by atoms with Crippen LogP contribution in [-0.2, 0) is 17.6 Å². The van der Waals surface area contributed by atoms with Crippen molar-refractivity contribution in [1.29, 1.82) is 0 Å². The molecule has 6 nitrogen and oxygen atoms in total. The van der Waals surface area contributed by atoms with Gasteiger partial charge in [-0.3, -0.25) is 9.59 Å². The maximum absolute atomic E-state index is 12.1. The molecule has 2 rings (SSSR count). The number of aliphatic carboxylic acids is 1. The van der Waals surface area contributed by atoms with Crippen LogP contribution in [0, 0.1) is 5.41 Å². The highest BCUT2D eigenvalue weighted by Gasteiger charge is 2.36. The number of aromatic nitrogens is 1. The SMILES string of the molecule is CC1(C)CC(=O)c2c(CC[C@H](N)C(=O)O)noc2C1. The molecule has 0 bridgehead atoms. The third-order valence-electron chi connectivity index (χ3n) is 3.40. The lowest BCUT2D eigenvalue weighted by Crippen LogP contribution is -2.31. The summed E-state index contributed by atoms with van der Waals surface area (Å²) in [5, 5.41) is 12.6. The molecule has 19 heavy (non-hydrogen) atoms. The van der Waals surface area contributed by atoms with Gasteiger partial charge in [-0.25, -0.2) is 0 Å². The minimum atomic E-state index is -1.05. The standard InChI is InChI=1S/C13H18N2O4/c1-13(2)5-9(16)11-8(15-19-10(11)6-13)4-3-7(14)12(17)18/h7H,3-6,14H2,1-2H3,(H,17,18)/t7-/m0/s1. The summed E-state index contributed by atoms with van der Waals surface area (Å²) in [7, 11) is 0. The van der Waals surface area contributed by atoms with E-state index in [2.05, 4.69) is 5.16 Å². The Hall–Kier alpha value is -1.69. The molecule has 0 spiro atoms. The lowest BCUT2D eigenvalue weighted by atomic mass is 9.76. The van der Waals surface area contributed by atoms with Gasteiger partial charge in [0.05, 0.1) is 11.3 Å². The molecule has 1 atom stereocenters. The second-order valence-electron chi connectivity index (χ2n) is 5.85. The van der Waals surface area contributed by atoms with E-state index in [9.17, 15) is 9.59 Å². The van der Waals surface area contributed by atoms with E-state index >= 15 is 0 Å². The van der Waals surface area contributed by atoms with Gasteiger partial charge in [-0.05, 0) is 18.3 Å². The highest BCUT2D eigenvalue weighted by Crippen LogP contribution is 2.36. The fourth-order valence-electron chi connectivity index (χ4n) is 2.41. The van der Waals surface area contributed by atoms with Crippen molar-refractivity contribution in [3.05, 3.63) is 17.0 Å². The van der Waals surface area contributed by atoms with Gasteiger partial charge in [0.25, 0.3) is 0 Å². The van der Waals surface area contributed by atoms with Crippen LogP contribution < -0.4 is 5.73 Å². The van der Waals surface area contributed by atoms with Gasteiger partial charge < -0.3 is 15.4 Å². The maximum atomic E-state index is 12.1. The van der Waals surface area contributed by atoms with E-state index in [0.717, 1.165) is 0 Å². The molecule has 1 aromatic heterocycles. The van der Waals surface area contributed by atoms with Gasteiger partial charge in [0.1, 0.15) is 11.8 Å². The number of aryl methyl sites for hydroxylation is 1. The number of nitrogens with zero attached hydrogens (tertiary/aromatic N) is 1. The molecule has 104 valence electrons. The van der Waals surface area contributed by atoms with Crippen LogP contribution in [0.4, 0.5) is 0 Å². The quantitative estimate of drug-likeness (QED) is 0.847. The van der Waals surface area contributed by atoms with Gasteiger partial charge in [0.2, 0.25) is 0 Å². The summed E-state index contributed by atoms with van der Waals surface area (Å²) in [4.78, 5) is 22.8. The number of hydrogen-bond acceptors (Lipinski definition) is 5. The molecule has 1 aliphatic carbocycles. The number of carbonyl (C=O) groups excluding carboxylic acids is 1. The number of Topliss-reactive ketones (excluding diaryl/α,β-unsaturated/α-hetero) is 1. The highest BCUT2D eigenvalue weighted by molar-refractivity contribution is 5.99. The van der Waals surface area contributed by atoms with Crippen LogP contribution in [-0.4, -0.2) is 28.1 Å². The first-order chi connectivity index (χ1) is 8.80. The molecule has 0 saturated heterocycles. The molecule has 0 radical (unpaired) electrons. The Morgan fingerprint density at radius 3 is 2.84 bits per heavy atom. The topological polar surface area (TPSA) is 106 Å². The monoisotopic (exact) mass is 266 g/mol. The van der Waals surface area contributed by atoms with Crippen LogP contribution in [0.3, 0.4) is 0 Å². The number of nitrogens with two attached hydrogens (primary N) is 1. The first-order valence-corrected chi connectivity index (χ1v) is 6.29. The molecule has 0 aliphatic heterocycles. The Morgan fingerprint density at radius 1 is 1.53 bits per heavy atom. The minimum Gasteiger partial charge on any atom is -0.480 e. The predicted molar refractivity (Wildman–Crippen MR) is 66.9 cm³/mol. The first-order valence-electron chi connectivity index (χ1n) is 6.29. The molecule has 0 aromatic carbocycles. The van der Waals surface area contributed by atoms with Gasteiger partial charge in [0, 0.05) is 12.8 Å². The molecule has 1 aliphatic rings. The van der Waals surface area contributed by atoms with E-state index in [1.807, 2.05) is 13.8 Å². The number of rotatable bonds is 4. The highest BCUT2D eigenvalue weighted by atomic mass is 16.5. The number of hydrogen-bond donors (Lipinski definition) is 2. The Kier molecular flexibility index (Phi) is 3.45. The number of carboxylic acids is 1. The number of carbonyl (C=O) groups is 2. The number of carboxylic acid groups (broad SMARTS) is 1. The number of ketones is 1. The van der Waals surface area contributed by atoms with Crippen molar-refractivity contribution in [2.75, 3.05) is 0 Å². The molecule has 0 saturated carbocycles. The van der Waals surface area contributed by atoms with Crippen molar-refractivity contribution in [2.24, 2.45) is 11.1 Å². The zero-order valence-electron chi connectivity index (χ0n) is 11.1. The molecule has 0 fully saturated rings. The van der Waals surface area contributed by atoms with Gasteiger partial charge in [-0.15, -0.1) is 0 Å². The summed E-state index contributed by atoms with van der Waals surface area (Å²) in [6, 6.07) is -0.942. The number of fused-ring (bicyclic) bond motifs is 1. The second kappa shape index (κ2) is 4.77. The van der Waals surface area contributed by atoms with Crippen LogP contribution in [0.15, 0.2) is 4.52 Å². The Labute approximate surface area is 110 Å². The van der Waals surface area contributed by atoms with Crippen molar-refractivity contribution < 1.29 is 19.2 Å². The van der Waals surface area contributed by atoms with Crippen molar-refractivity contribution in [3.63, 3.8) is 0 Å². The van der Waals surface area contributed by atoms with E-state index < -0.39 is 12.0 Å². The lowest BCUT2D eigenvalue weighted by molar-refractivity contribution is -0.138. The molecular formula is C13H18N2O4. The average Bonchev–Trinajstić information content (AvgIpc) is 2.67. The fourth-order valence-corrected chi connectivity index (χ4v) is 2.41. The molecule has 6 heteroatoms. The average molecular weight is 266 g/mol. The van der Waals surface area contributed by atoms with Gasteiger partial charge >= 0.3 is 5.97 Å². The second-order valence-corrected chi connectivity index (χ2v) is 5.85. The van der Waals surface area contributed by atoms with E-state index in [1.165, 1.54) is 0 Å². The zero-order valence-corrected chi connectivity index (χ0v) is 11.1. The summed E-state index contributed by atoms with van der Waals surface area (Å²) >= 11 is 0. The van der Waals surface area contributed by atoms with Gasteiger partial charge in [-0.1, -0.05) is 19.0 Å². The molecule has 1 heterocycles. The van der Waals surface area contributed by atoms with Gasteiger partial charge in [-0.2, -0.15) is 0 Å². The maximum Gasteiger partial charge on any atom is 0.320 e. The van der Waals surface area contributed by atoms with Crippen LogP contribution >= 0.6 is 0 Å². The molecule has 1 aromatic rings. The summed E-state index contributed by atoms with van der Waals surface area (Å²) in [6.07, 6.45) is 1.72. The summed E-state index contributed by atoms with van der Waals surface area (Å²) < 4.78 is 5.23. The van der Waals surface area contributed by atoms with E-state index in [0.29, 0.717) is 36.3 Å². The van der Waals surface area contributed by atoms with Crippen LogP contribution in [0.2, 0.25) is 0 Å². The molecular weight excluding hydrogens is 248 g/mol. The third-order valence-corrected chi connectivity index (χ3v) is 3.40. The first kappa shape index (κ1) is 13.7. The third kappa shape index (κ3) is 2.84. The summed E-state index contributed by atoms with van der Waals surface area (Å²) in [5.74, 6) is -0.420.